The third kappa shape index (κ3) is 9.22. The van der Waals surface area contributed by atoms with Gasteiger partial charge in [-0.25, -0.2) is 8.93 Å². The lowest BCUT2D eigenvalue weighted by Crippen LogP contribution is -2.68. The lowest BCUT2D eigenvalue weighted by Gasteiger charge is -2.46. The van der Waals surface area contributed by atoms with Gasteiger partial charge in [0, 0.05) is 14.1 Å². The molecular formula is C28H38F3N3O4S2. The molecule has 2 unspecified atom stereocenters. The summed E-state index contributed by atoms with van der Waals surface area (Å²) in [6.45, 7) is 4.82. The molecule has 1 aliphatic heterocycles. The molecule has 0 bridgehead atoms. The molecule has 1 aliphatic rings. The van der Waals surface area contributed by atoms with Gasteiger partial charge in [-0.15, -0.1) is 0 Å². The van der Waals surface area contributed by atoms with Gasteiger partial charge >= 0.3 is 6.18 Å². The Balaban J connectivity index is 2.00. The molecule has 0 radical (unpaired) electrons. The molecule has 7 nitrogen and oxygen atoms in total. The molecule has 0 aliphatic carbocycles. The molecule has 2 aromatic rings. The van der Waals surface area contributed by atoms with Crippen molar-refractivity contribution < 1.29 is 31.6 Å². The van der Waals surface area contributed by atoms with E-state index < -0.39 is 52.3 Å². The van der Waals surface area contributed by atoms with Gasteiger partial charge in [-0.3, -0.25) is 0 Å². The Bertz CT molecular complexity index is 1100. The number of thiocarbonyl (C=S) groups is 1. The normalized spacial score (nSPS) is 23.3. The zero-order valence-electron chi connectivity index (χ0n) is 23.3. The first-order valence-electron chi connectivity index (χ1n) is 12.9. The molecule has 1 fully saturated rings. The van der Waals surface area contributed by atoms with Crippen LogP contribution in [0.15, 0.2) is 60.7 Å². The van der Waals surface area contributed by atoms with Gasteiger partial charge in [0.05, 0.1) is 41.6 Å². The van der Waals surface area contributed by atoms with Crippen LogP contribution in [0.25, 0.3) is 0 Å². The van der Waals surface area contributed by atoms with Gasteiger partial charge < -0.3 is 24.4 Å². The van der Waals surface area contributed by atoms with E-state index in [1.807, 2.05) is 60.7 Å². The second-order valence-electron chi connectivity index (χ2n) is 10.8. The van der Waals surface area contributed by atoms with E-state index in [0.29, 0.717) is 5.11 Å². The van der Waals surface area contributed by atoms with Gasteiger partial charge in [0.15, 0.2) is 5.11 Å². The molecule has 2 aromatic carbocycles. The van der Waals surface area contributed by atoms with Crippen LogP contribution in [0.2, 0.25) is 0 Å². The zero-order chi connectivity index (χ0) is 29.5. The van der Waals surface area contributed by atoms with Crippen molar-refractivity contribution in [1.29, 1.82) is 0 Å². The Morgan fingerprint density at radius 3 is 1.95 bits per heavy atom. The van der Waals surface area contributed by atoms with Crippen molar-refractivity contribution in [2.45, 2.75) is 75.3 Å². The van der Waals surface area contributed by atoms with E-state index in [9.17, 15) is 17.4 Å². The summed E-state index contributed by atoms with van der Waals surface area (Å²) in [7, 11) is 1.49. The van der Waals surface area contributed by atoms with Crippen LogP contribution in [0.1, 0.15) is 31.9 Å². The molecule has 222 valence electrons. The molecular weight excluding hydrogens is 563 g/mol. The summed E-state index contributed by atoms with van der Waals surface area (Å²) in [4.78, 5) is 1.68. The fourth-order valence-electron chi connectivity index (χ4n) is 4.06. The van der Waals surface area contributed by atoms with Crippen molar-refractivity contribution in [1.82, 2.24) is 14.9 Å². The van der Waals surface area contributed by atoms with Crippen LogP contribution in [0.5, 0.6) is 0 Å². The van der Waals surface area contributed by atoms with Crippen LogP contribution >= 0.6 is 12.2 Å². The number of hydrogen-bond donors (Lipinski definition) is 2. The molecule has 0 aromatic heterocycles. The topological polar surface area (TPSA) is 72.1 Å². The summed E-state index contributed by atoms with van der Waals surface area (Å²) in [5.41, 5.74) is 1.62. The van der Waals surface area contributed by atoms with E-state index in [2.05, 4.69) is 10.0 Å². The minimum Gasteiger partial charge on any atom is -0.371 e. The SMILES string of the molecule is CN(C)C(=S)N[C@H]1CO[C@H](C(NS(=O)C(C)(C)C)C(F)(F)F)[C@@H](OCc2ccccc2)[C@@H]1OCc1ccccc1. The van der Waals surface area contributed by atoms with Crippen LogP contribution in [-0.2, 0) is 38.4 Å². The van der Waals surface area contributed by atoms with Gasteiger partial charge in [-0.1, -0.05) is 60.7 Å². The summed E-state index contributed by atoms with van der Waals surface area (Å²) in [6.07, 6.45) is -8.43. The third-order valence-corrected chi connectivity index (χ3v) is 8.33. The molecule has 1 saturated heterocycles. The average Bonchev–Trinajstić information content (AvgIpc) is 2.89. The van der Waals surface area contributed by atoms with Crippen LogP contribution in [-0.4, -0.2) is 76.2 Å². The minimum absolute atomic E-state index is 0.0222. The van der Waals surface area contributed by atoms with E-state index in [1.54, 1.807) is 39.8 Å². The number of halogens is 3. The molecule has 2 N–H and O–H groups in total. The van der Waals surface area contributed by atoms with E-state index in [-0.39, 0.29) is 19.8 Å². The number of alkyl halides is 3. The Labute approximate surface area is 242 Å². The van der Waals surface area contributed by atoms with E-state index >= 15 is 0 Å². The maximum atomic E-state index is 14.6. The summed E-state index contributed by atoms with van der Waals surface area (Å²) < 4.78 is 76.3. The molecule has 40 heavy (non-hydrogen) atoms. The predicted octanol–water partition coefficient (Wildman–Crippen LogP) is 4.34. The predicted molar refractivity (Wildman–Crippen MR) is 154 cm³/mol. The zero-order valence-corrected chi connectivity index (χ0v) is 24.9. The maximum Gasteiger partial charge on any atom is 0.407 e. The first kappa shape index (κ1) is 32.4. The van der Waals surface area contributed by atoms with Gasteiger partial charge in [0.1, 0.15) is 24.4 Å². The molecule has 6 atom stereocenters. The first-order chi connectivity index (χ1) is 18.8. The molecule has 12 heteroatoms. The van der Waals surface area contributed by atoms with Crippen LogP contribution in [0.4, 0.5) is 13.2 Å². The summed E-state index contributed by atoms with van der Waals surface area (Å²) in [6, 6.07) is 15.6. The fourth-order valence-corrected chi connectivity index (χ4v) is 5.07. The van der Waals surface area contributed by atoms with E-state index in [1.165, 1.54) is 0 Å². The van der Waals surface area contributed by atoms with Crippen molar-refractivity contribution in [3.63, 3.8) is 0 Å². The second kappa shape index (κ2) is 14.2. The van der Waals surface area contributed by atoms with Gasteiger partial charge in [0.25, 0.3) is 0 Å². The molecule has 1 heterocycles. The highest BCUT2D eigenvalue weighted by atomic mass is 32.2. The molecule has 0 amide bonds. The second-order valence-corrected chi connectivity index (χ2v) is 13.2. The summed E-state index contributed by atoms with van der Waals surface area (Å²) in [5, 5.41) is 3.54. The number of benzene rings is 2. The quantitative estimate of drug-likeness (QED) is 0.393. The third-order valence-electron chi connectivity index (χ3n) is 6.27. The van der Waals surface area contributed by atoms with Crippen molar-refractivity contribution in [3.05, 3.63) is 71.8 Å². The fraction of sp³-hybridized carbons (Fsp3) is 0.536. The van der Waals surface area contributed by atoms with E-state index in [4.69, 9.17) is 26.4 Å². The first-order valence-corrected chi connectivity index (χ1v) is 14.5. The van der Waals surface area contributed by atoms with Crippen LogP contribution < -0.4 is 10.0 Å². The van der Waals surface area contributed by atoms with Gasteiger partial charge in [0.2, 0.25) is 0 Å². The lowest BCUT2D eigenvalue weighted by molar-refractivity contribution is -0.241. The largest absolute Gasteiger partial charge is 0.407 e. The Morgan fingerprint density at radius 1 is 1.00 bits per heavy atom. The number of nitrogens with one attached hydrogen (secondary N) is 2. The number of hydrogen-bond acceptors (Lipinski definition) is 5. The summed E-state index contributed by atoms with van der Waals surface area (Å²) >= 11 is 5.44. The lowest BCUT2D eigenvalue weighted by atomic mass is 9.92. The van der Waals surface area contributed by atoms with Crippen molar-refractivity contribution in [3.8, 4) is 0 Å². The minimum atomic E-state index is -4.79. The highest BCUT2D eigenvalue weighted by Crippen LogP contribution is 2.33. The molecule has 0 spiro atoms. The van der Waals surface area contributed by atoms with E-state index in [0.717, 1.165) is 11.1 Å². The van der Waals surface area contributed by atoms with Crippen molar-refractivity contribution in [2.75, 3.05) is 20.7 Å². The monoisotopic (exact) mass is 601 g/mol. The smallest absolute Gasteiger partial charge is 0.371 e. The number of rotatable bonds is 10. The highest BCUT2D eigenvalue weighted by Gasteiger charge is 2.55. The Hall–Kier alpha value is -2.09. The van der Waals surface area contributed by atoms with Crippen LogP contribution in [0, 0.1) is 0 Å². The maximum absolute atomic E-state index is 14.6. The van der Waals surface area contributed by atoms with Crippen molar-refractivity contribution >= 4 is 28.3 Å². The number of ether oxygens (including phenoxy) is 3. The standard InChI is InChI=1S/C28H38F3N3O4S2/c1-27(2,3)40(35)33-25(28(29,30)31)24-23(37-17-20-14-10-7-11-15-20)22(36-16-19-12-8-6-9-13-19)21(18-38-24)32-26(39)34(4)5/h6-15,21-25,33H,16-18H2,1-5H3,(H,32,39)/t21-,22+,23-,24-,25?,40?/m0/s1. The average molecular weight is 602 g/mol. The Kier molecular flexibility index (Phi) is 11.5. The van der Waals surface area contributed by atoms with Gasteiger partial charge in [-0.2, -0.15) is 13.2 Å². The molecule has 3 rings (SSSR count). The highest BCUT2D eigenvalue weighted by molar-refractivity contribution is 7.84. The molecule has 0 saturated carbocycles. The van der Waals surface area contributed by atoms with Crippen molar-refractivity contribution in [2.24, 2.45) is 0 Å². The Morgan fingerprint density at radius 2 is 1.50 bits per heavy atom. The van der Waals surface area contributed by atoms with Crippen LogP contribution in [0.3, 0.4) is 0 Å². The van der Waals surface area contributed by atoms with Gasteiger partial charge in [-0.05, 0) is 44.1 Å². The number of nitrogens with zero attached hydrogens (tertiary/aromatic N) is 1. The summed E-state index contributed by atoms with van der Waals surface area (Å²) in [5.74, 6) is 0.